The molecule has 0 atom stereocenters. The van der Waals surface area contributed by atoms with E-state index in [-0.39, 0.29) is 5.78 Å². The molecule has 1 aromatic rings. The van der Waals surface area contributed by atoms with Crippen molar-refractivity contribution in [1.29, 1.82) is 0 Å². The van der Waals surface area contributed by atoms with Gasteiger partial charge in [0.15, 0.2) is 0 Å². The highest BCUT2D eigenvalue weighted by atomic mass is 16.1. The van der Waals surface area contributed by atoms with Crippen molar-refractivity contribution in [1.82, 2.24) is 0 Å². The molecule has 1 nitrogen and oxygen atoms in total. The summed E-state index contributed by atoms with van der Waals surface area (Å²) in [6, 6.07) is 9.44. The molecule has 0 unspecified atom stereocenters. The van der Waals surface area contributed by atoms with Gasteiger partial charge in [0.2, 0.25) is 0 Å². The molecule has 0 spiro atoms. The molecular weight excluding hydrogens is 184 g/mol. The first-order valence-electron chi connectivity index (χ1n) is 4.97. The molecule has 0 radical (unpaired) electrons. The van der Waals surface area contributed by atoms with Crippen LogP contribution >= 0.6 is 0 Å². The van der Waals surface area contributed by atoms with Gasteiger partial charge in [0.05, 0.1) is 0 Å². The second kappa shape index (κ2) is 4.49. The number of benzene rings is 1. The van der Waals surface area contributed by atoms with Crippen molar-refractivity contribution >= 4 is 5.78 Å². The molecule has 0 N–H and O–H groups in total. The van der Waals surface area contributed by atoms with E-state index in [1.165, 1.54) is 0 Å². The molecule has 0 amide bonds. The van der Waals surface area contributed by atoms with Gasteiger partial charge in [0.25, 0.3) is 5.78 Å². The maximum Gasteiger partial charge on any atom is 0.279 e. The van der Waals surface area contributed by atoms with E-state index >= 15 is 0 Å². The van der Waals surface area contributed by atoms with Gasteiger partial charge in [-0.15, -0.1) is 0 Å². The molecule has 1 aliphatic carbocycles. The molecule has 1 saturated carbocycles. The average Bonchev–Trinajstić information content (AvgIpc) is 3.09. The van der Waals surface area contributed by atoms with Gasteiger partial charge in [-0.1, -0.05) is 30.0 Å². The Morgan fingerprint density at radius 1 is 1.13 bits per heavy atom. The summed E-state index contributed by atoms with van der Waals surface area (Å²) in [5.74, 6) is 10.9. The average molecular weight is 194 g/mol. The summed E-state index contributed by atoms with van der Waals surface area (Å²) in [6.45, 7) is 0. The van der Waals surface area contributed by atoms with E-state index in [0.29, 0.717) is 5.92 Å². The molecule has 2 rings (SSSR count). The van der Waals surface area contributed by atoms with E-state index in [2.05, 4.69) is 23.7 Å². The predicted octanol–water partition coefficient (Wildman–Crippen LogP) is 2.02. The first-order valence-corrected chi connectivity index (χ1v) is 4.97. The third-order valence-electron chi connectivity index (χ3n) is 2.06. The summed E-state index contributed by atoms with van der Waals surface area (Å²) < 4.78 is 0. The minimum atomic E-state index is -0.286. The van der Waals surface area contributed by atoms with E-state index in [4.69, 9.17) is 0 Å². The Labute approximate surface area is 89.5 Å². The van der Waals surface area contributed by atoms with Crippen LogP contribution in [0.2, 0.25) is 0 Å². The Morgan fingerprint density at radius 2 is 1.87 bits per heavy atom. The van der Waals surface area contributed by atoms with Crippen LogP contribution in [0, 0.1) is 29.6 Å². The minimum Gasteiger partial charge on any atom is -0.270 e. The van der Waals surface area contributed by atoms with Crippen LogP contribution in [0.1, 0.15) is 18.4 Å². The Kier molecular flexibility index (Phi) is 2.86. The Morgan fingerprint density at radius 3 is 2.53 bits per heavy atom. The second-order valence-corrected chi connectivity index (χ2v) is 3.49. The molecule has 15 heavy (non-hydrogen) atoms. The molecule has 0 aliphatic heterocycles. The summed E-state index contributed by atoms with van der Waals surface area (Å²) in [4.78, 5) is 11.2. The van der Waals surface area contributed by atoms with Gasteiger partial charge in [0, 0.05) is 11.5 Å². The molecule has 72 valence electrons. The highest BCUT2D eigenvalue weighted by Crippen LogP contribution is 2.27. The lowest BCUT2D eigenvalue weighted by Gasteiger charge is -1.84. The first-order chi connectivity index (χ1) is 7.34. The number of Topliss-reactive ketones (excluding diaryl/α,β-unsaturated/α-hetero) is 1. The topological polar surface area (TPSA) is 17.1 Å². The van der Waals surface area contributed by atoms with Gasteiger partial charge >= 0.3 is 0 Å². The molecule has 0 bridgehead atoms. The molecule has 1 heteroatoms. The highest BCUT2D eigenvalue weighted by Gasteiger charge is 2.17. The Balaban J connectivity index is 2.00. The third-order valence-corrected chi connectivity index (χ3v) is 2.06. The number of carbonyl (C=O) groups is 1. The van der Waals surface area contributed by atoms with Crippen molar-refractivity contribution in [3.8, 4) is 23.7 Å². The number of hydrogen-bond donors (Lipinski definition) is 0. The van der Waals surface area contributed by atoms with Crippen molar-refractivity contribution in [2.75, 3.05) is 0 Å². The first kappa shape index (κ1) is 9.56. The van der Waals surface area contributed by atoms with Crippen LogP contribution in [-0.4, -0.2) is 5.78 Å². The van der Waals surface area contributed by atoms with E-state index in [1.807, 2.05) is 30.3 Å². The molecule has 1 aromatic carbocycles. The van der Waals surface area contributed by atoms with Crippen LogP contribution in [0.4, 0.5) is 0 Å². The quantitative estimate of drug-likeness (QED) is 0.456. The van der Waals surface area contributed by atoms with Crippen molar-refractivity contribution in [2.45, 2.75) is 12.8 Å². The van der Waals surface area contributed by atoms with Crippen LogP contribution in [-0.2, 0) is 4.79 Å². The van der Waals surface area contributed by atoms with Gasteiger partial charge in [-0.05, 0) is 36.8 Å². The third kappa shape index (κ3) is 3.33. The number of carbonyl (C=O) groups excluding carboxylic acids is 1. The monoisotopic (exact) mass is 194 g/mol. The van der Waals surface area contributed by atoms with E-state index in [0.717, 1.165) is 18.4 Å². The molecule has 1 fully saturated rings. The predicted molar refractivity (Wildman–Crippen MR) is 58.8 cm³/mol. The second-order valence-electron chi connectivity index (χ2n) is 3.49. The highest BCUT2D eigenvalue weighted by molar-refractivity contribution is 6.09. The van der Waals surface area contributed by atoms with Crippen molar-refractivity contribution in [2.24, 2.45) is 5.92 Å². The largest absolute Gasteiger partial charge is 0.279 e. The van der Waals surface area contributed by atoms with Gasteiger partial charge in [0.1, 0.15) is 0 Å². The summed E-state index contributed by atoms with van der Waals surface area (Å²) in [7, 11) is 0. The summed E-state index contributed by atoms with van der Waals surface area (Å²) in [6.07, 6.45) is 2.26. The van der Waals surface area contributed by atoms with Crippen molar-refractivity contribution in [3.63, 3.8) is 0 Å². The molecule has 0 saturated heterocycles. The zero-order chi connectivity index (χ0) is 10.5. The molecule has 1 aliphatic rings. The van der Waals surface area contributed by atoms with E-state index in [9.17, 15) is 4.79 Å². The van der Waals surface area contributed by atoms with Crippen LogP contribution < -0.4 is 0 Å². The normalized spacial score (nSPS) is 13.1. The Hall–Kier alpha value is -1.99. The SMILES string of the molecule is O=C(C#Cc1ccccc1)C#CC1CC1. The van der Waals surface area contributed by atoms with Gasteiger partial charge < -0.3 is 0 Å². The minimum absolute atomic E-state index is 0.286. The van der Waals surface area contributed by atoms with Gasteiger partial charge in [-0.25, -0.2) is 0 Å². The van der Waals surface area contributed by atoms with Crippen LogP contribution in [0.5, 0.6) is 0 Å². The van der Waals surface area contributed by atoms with Gasteiger partial charge in [-0.2, -0.15) is 0 Å². The zero-order valence-electron chi connectivity index (χ0n) is 8.29. The number of ketones is 1. The van der Waals surface area contributed by atoms with Crippen molar-refractivity contribution in [3.05, 3.63) is 35.9 Å². The lowest BCUT2D eigenvalue weighted by atomic mass is 10.2. The zero-order valence-corrected chi connectivity index (χ0v) is 8.29. The smallest absolute Gasteiger partial charge is 0.270 e. The maximum absolute atomic E-state index is 11.2. The fourth-order valence-corrected chi connectivity index (χ4v) is 1.08. The summed E-state index contributed by atoms with van der Waals surface area (Å²) in [5.41, 5.74) is 0.846. The van der Waals surface area contributed by atoms with E-state index < -0.39 is 0 Å². The lowest BCUT2D eigenvalue weighted by molar-refractivity contribution is -0.108. The molecule has 0 aromatic heterocycles. The van der Waals surface area contributed by atoms with Crippen LogP contribution in [0.3, 0.4) is 0 Å². The standard InChI is InChI=1S/C14H10O/c15-14(11-9-13-6-7-13)10-8-12-4-2-1-3-5-12/h1-5,13H,6-7H2. The summed E-state index contributed by atoms with van der Waals surface area (Å²) in [5, 5.41) is 0. The lowest BCUT2D eigenvalue weighted by Crippen LogP contribution is -1.87. The number of hydrogen-bond acceptors (Lipinski definition) is 1. The van der Waals surface area contributed by atoms with Gasteiger partial charge in [-0.3, -0.25) is 4.79 Å². The molecule has 0 heterocycles. The van der Waals surface area contributed by atoms with E-state index in [1.54, 1.807) is 0 Å². The van der Waals surface area contributed by atoms with Crippen LogP contribution in [0.25, 0.3) is 0 Å². The molecular formula is C14H10O. The fraction of sp³-hybridized carbons (Fsp3) is 0.214. The summed E-state index contributed by atoms with van der Waals surface area (Å²) >= 11 is 0. The Bertz CT molecular complexity index is 473. The fourth-order valence-electron chi connectivity index (χ4n) is 1.08. The van der Waals surface area contributed by atoms with Crippen molar-refractivity contribution < 1.29 is 4.79 Å². The number of rotatable bonds is 0. The van der Waals surface area contributed by atoms with Crippen LogP contribution in [0.15, 0.2) is 30.3 Å². The maximum atomic E-state index is 11.2.